The molecule has 0 unspecified atom stereocenters. The number of hydrogen-bond acceptors (Lipinski definition) is 3. The second kappa shape index (κ2) is 7.27. The minimum absolute atomic E-state index is 0.0441. The molecule has 0 aliphatic carbocycles. The summed E-state index contributed by atoms with van der Waals surface area (Å²) in [6.45, 7) is 10.5. The Bertz CT molecular complexity index is 644. The first-order valence-electron chi connectivity index (χ1n) is 7.74. The van der Waals surface area contributed by atoms with Crippen molar-refractivity contribution in [3.63, 3.8) is 0 Å². The van der Waals surface area contributed by atoms with E-state index in [1.165, 1.54) is 0 Å². The first-order valence-corrected chi connectivity index (χ1v) is 7.74. The zero-order valence-corrected chi connectivity index (χ0v) is 13.2. The zero-order chi connectivity index (χ0) is 15.2. The molecule has 1 aromatic carbocycles. The van der Waals surface area contributed by atoms with Gasteiger partial charge in [-0.05, 0) is 44.6 Å². The summed E-state index contributed by atoms with van der Waals surface area (Å²) in [5.74, 6) is 0. The number of nitrogens with zero attached hydrogens (tertiary/aromatic N) is 1. The van der Waals surface area contributed by atoms with Crippen LogP contribution in [-0.4, -0.2) is 36.1 Å². The van der Waals surface area contributed by atoms with Crippen LogP contribution in [0.25, 0.3) is 10.9 Å². The lowest BCUT2D eigenvalue weighted by Crippen LogP contribution is -2.25. The average Bonchev–Trinajstić information content (AvgIpc) is 2.48. The van der Waals surface area contributed by atoms with Crippen molar-refractivity contribution >= 4 is 16.6 Å². The number of anilines is 1. The van der Waals surface area contributed by atoms with Crippen molar-refractivity contribution in [3.05, 3.63) is 40.2 Å². The van der Waals surface area contributed by atoms with Gasteiger partial charge >= 0.3 is 0 Å². The zero-order valence-electron chi connectivity index (χ0n) is 13.2. The maximum absolute atomic E-state index is 11.7. The molecular weight excluding hydrogens is 262 g/mol. The van der Waals surface area contributed by atoms with Gasteiger partial charge < -0.3 is 15.2 Å². The average molecular weight is 287 g/mol. The third-order valence-corrected chi connectivity index (χ3v) is 3.95. The van der Waals surface area contributed by atoms with Crippen molar-refractivity contribution in [2.24, 2.45) is 0 Å². The van der Waals surface area contributed by atoms with E-state index in [1.54, 1.807) is 6.07 Å². The van der Waals surface area contributed by atoms with E-state index in [4.69, 9.17) is 0 Å². The molecule has 0 saturated heterocycles. The lowest BCUT2D eigenvalue weighted by Gasteiger charge is -2.18. The summed E-state index contributed by atoms with van der Waals surface area (Å²) in [6, 6.07) is 7.74. The Morgan fingerprint density at radius 3 is 2.71 bits per heavy atom. The fraction of sp³-hybridized carbons (Fsp3) is 0.471. The van der Waals surface area contributed by atoms with Crippen LogP contribution in [-0.2, 0) is 0 Å². The van der Waals surface area contributed by atoms with Gasteiger partial charge in [0.1, 0.15) is 0 Å². The molecule has 0 spiro atoms. The van der Waals surface area contributed by atoms with E-state index < -0.39 is 0 Å². The van der Waals surface area contributed by atoms with E-state index in [2.05, 4.69) is 29.0 Å². The highest BCUT2D eigenvalue weighted by Gasteiger charge is 2.05. The molecule has 0 atom stereocenters. The van der Waals surface area contributed by atoms with Crippen LogP contribution in [0.1, 0.15) is 25.8 Å². The minimum Gasteiger partial charge on any atom is -0.383 e. The molecule has 114 valence electrons. The molecule has 0 radical (unpaired) electrons. The molecule has 0 saturated carbocycles. The molecule has 2 rings (SSSR count). The number of aryl methyl sites for hydroxylation is 1. The van der Waals surface area contributed by atoms with E-state index in [1.807, 2.05) is 25.1 Å². The maximum Gasteiger partial charge on any atom is 0.248 e. The number of rotatable bonds is 7. The number of hydrogen-bond donors (Lipinski definition) is 2. The fourth-order valence-electron chi connectivity index (χ4n) is 2.66. The topological polar surface area (TPSA) is 48.1 Å². The van der Waals surface area contributed by atoms with Gasteiger partial charge in [0.05, 0.1) is 11.2 Å². The van der Waals surface area contributed by atoms with Crippen molar-refractivity contribution < 1.29 is 0 Å². The van der Waals surface area contributed by atoms with E-state index in [9.17, 15) is 4.79 Å². The van der Waals surface area contributed by atoms with Crippen molar-refractivity contribution in [1.29, 1.82) is 0 Å². The highest BCUT2D eigenvalue weighted by Crippen LogP contribution is 2.22. The molecule has 4 nitrogen and oxygen atoms in total. The molecule has 0 fully saturated rings. The van der Waals surface area contributed by atoms with Crippen LogP contribution < -0.4 is 10.9 Å². The quantitative estimate of drug-likeness (QED) is 0.770. The molecule has 1 heterocycles. The van der Waals surface area contributed by atoms with Crippen molar-refractivity contribution in [1.82, 2.24) is 9.88 Å². The van der Waals surface area contributed by atoms with E-state index in [-0.39, 0.29) is 5.56 Å². The van der Waals surface area contributed by atoms with Gasteiger partial charge in [0.25, 0.3) is 0 Å². The van der Waals surface area contributed by atoms with E-state index >= 15 is 0 Å². The van der Waals surface area contributed by atoms with Crippen LogP contribution in [0.4, 0.5) is 5.69 Å². The number of benzene rings is 1. The first-order chi connectivity index (χ1) is 10.2. The number of fused-ring (bicyclic) bond motifs is 1. The Labute approximate surface area is 126 Å². The summed E-state index contributed by atoms with van der Waals surface area (Å²) in [5.41, 5.74) is 2.89. The van der Waals surface area contributed by atoms with Gasteiger partial charge in [-0.3, -0.25) is 4.79 Å². The monoisotopic (exact) mass is 287 g/mol. The molecule has 2 N–H and O–H groups in total. The Balaban J connectivity index is 2.07. The normalized spacial score (nSPS) is 11.2. The lowest BCUT2D eigenvalue weighted by molar-refractivity contribution is 0.303. The number of H-pyrrole nitrogens is 1. The number of aromatic nitrogens is 1. The molecule has 0 bridgehead atoms. The van der Waals surface area contributed by atoms with Gasteiger partial charge in [-0.1, -0.05) is 26.0 Å². The van der Waals surface area contributed by atoms with E-state index in [0.717, 1.165) is 54.8 Å². The van der Waals surface area contributed by atoms with Crippen molar-refractivity contribution in [2.45, 2.75) is 27.2 Å². The molecule has 0 amide bonds. The van der Waals surface area contributed by atoms with Crippen LogP contribution in [0.5, 0.6) is 0 Å². The second-order valence-electron chi connectivity index (χ2n) is 5.35. The molecule has 21 heavy (non-hydrogen) atoms. The summed E-state index contributed by atoms with van der Waals surface area (Å²) in [4.78, 5) is 17.0. The van der Waals surface area contributed by atoms with Crippen LogP contribution in [0.15, 0.2) is 29.1 Å². The van der Waals surface area contributed by atoms with Crippen molar-refractivity contribution in [2.75, 3.05) is 31.5 Å². The van der Waals surface area contributed by atoms with Gasteiger partial charge in [0.2, 0.25) is 5.56 Å². The standard InChI is InChI=1S/C17H25N3O/c1-4-20(5-2)11-7-10-18-15-9-6-8-14-13(3)12-16(21)19-17(14)15/h6,8-9,12,18H,4-5,7,10-11H2,1-3H3,(H,19,21). The molecular formula is C17H25N3O. The molecule has 2 aromatic rings. The maximum atomic E-state index is 11.7. The van der Waals surface area contributed by atoms with Crippen LogP contribution in [0.3, 0.4) is 0 Å². The van der Waals surface area contributed by atoms with Gasteiger partial charge in [-0.25, -0.2) is 0 Å². The Morgan fingerprint density at radius 2 is 2.00 bits per heavy atom. The SMILES string of the molecule is CCN(CC)CCCNc1cccc2c(C)cc(=O)[nH]c12. The fourth-order valence-corrected chi connectivity index (χ4v) is 2.66. The smallest absolute Gasteiger partial charge is 0.248 e. The number of aromatic amines is 1. The number of para-hydroxylation sites is 1. The highest BCUT2D eigenvalue weighted by atomic mass is 16.1. The van der Waals surface area contributed by atoms with Gasteiger partial charge in [0, 0.05) is 18.0 Å². The van der Waals surface area contributed by atoms with Crippen LogP contribution in [0, 0.1) is 6.92 Å². The third kappa shape index (κ3) is 3.85. The second-order valence-corrected chi connectivity index (χ2v) is 5.35. The van der Waals surface area contributed by atoms with Gasteiger partial charge in [0.15, 0.2) is 0 Å². The number of nitrogens with one attached hydrogen (secondary N) is 2. The lowest BCUT2D eigenvalue weighted by atomic mass is 10.1. The van der Waals surface area contributed by atoms with E-state index in [0.29, 0.717) is 0 Å². The molecule has 4 heteroatoms. The summed E-state index contributed by atoms with van der Waals surface area (Å²) < 4.78 is 0. The number of pyridine rings is 1. The van der Waals surface area contributed by atoms with Gasteiger partial charge in [-0.15, -0.1) is 0 Å². The predicted octanol–water partition coefficient (Wildman–Crippen LogP) is 2.98. The highest BCUT2D eigenvalue weighted by molar-refractivity contribution is 5.92. The first kappa shape index (κ1) is 15.6. The van der Waals surface area contributed by atoms with Crippen LogP contribution >= 0.6 is 0 Å². The summed E-state index contributed by atoms with van der Waals surface area (Å²) in [7, 11) is 0. The third-order valence-electron chi connectivity index (χ3n) is 3.95. The summed E-state index contributed by atoms with van der Waals surface area (Å²) in [6.07, 6.45) is 1.09. The largest absolute Gasteiger partial charge is 0.383 e. The molecule has 0 aliphatic rings. The summed E-state index contributed by atoms with van der Waals surface area (Å²) in [5, 5.41) is 4.55. The predicted molar refractivity (Wildman–Crippen MR) is 90.2 cm³/mol. The Morgan fingerprint density at radius 1 is 1.24 bits per heavy atom. The summed E-state index contributed by atoms with van der Waals surface area (Å²) >= 11 is 0. The molecule has 0 aliphatic heterocycles. The molecule has 1 aromatic heterocycles. The Hall–Kier alpha value is -1.81. The van der Waals surface area contributed by atoms with Crippen molar-refractivity contribution in [3.8, 4) is 0 Å². The van der Waals surface area contributed by atoms with Gasteiger partial charge in [-0.2, -0.15) is 0 Å². The van der Waals surface area contributed by atoms with Crippen LogP contribution in [0.2, 0.25) is 0 Å². The Kier molecular flexibility index (Phi) is 5.39. The minimum atomic E-state index is -0.0441.